The third-order valence-electron chi connectivity index (χ3n) is 2.37. The van der Waals surface area contributed by atoms with Gasteiger partial charge >= 0.3 is 0 Å². The summed E-state index contributed by atoms with van der Waals surface area (Å²) in [5.41, 5.74) is 0.174. The van der Waals surface area contributed by atoms with Gasteiger partial charge in [-0.2, -0.15) is 0 Å². The van der Waals surface area contributed by atoms with Crippen molar-refractivity contribution in [3.8, 4) is 11.8 Å². The number of nitrogens with zero attached hydrogens (tertiary/aromatic N) is 2. The van der Waals surface area contributed by atoms with E-state index >= 15 is 0 Å². The molecular formula is C13H10FN3O3S. The molecule has 2 rings (SSSR count). The summed E-state index contributed by atoms with van der Waals surface area (Å²) in [6, 6.07) is 3.30. The van der Waals surface area contributed by atoms with E-state index in [1.54, 1.807) is 0 Å². The van der Waals surface area contributed by atoms with Crippen molar-refractivity contribution in [2.75, 3.05) is 11.3 Å². The van der Waals surface area contributed by atoms with E-state index in [0.717, 1.165) is 6.07 Å². The number of sulfonamides is 1. The second-order valence-electron chi connectivity index (χ2n) is 3.83. The van der Waals surface area contributed by atoms with Crippen molar-refractivity contribution in [1.29, 1.82) is 0 Å². The first kappa shape index (κ1) is 14.9. The van der Waals surface area contributed by atoms with Crippen molar-refractivity contribution in [2.24, 2.45) is 0 Å². The third-order valence-corrected chi connectivity index (χ3v) is 3.74. The van der Waals surface area contributed by atoms with Crippen molar-refractivity contribution in [3.63, 3.8) is 0 Å². The van der Waals surface area contributed by atoms with Crippen LogP contribution in [-0.2, 0) is 10.0 Å². The van der Waals surface area contributed by atoms with Crippen LogP contribution in [0.1, 0.15) is 5.56 Å². The minimum atomic E-state index is -3.94. The average molecular weight is 307 g/mol. The summed E-state index contributed by atoms with van der Waals surface area (Å²) in [5, 5.41) is 8.55. The molecule has 0 radical (unpaired) electrons. The minimum absolute atomic E-state index is 0.00560. The molecule has 1 heterocycles. The fourth-order valence-corrected chi connectivity index (χ4v) is 2.50. The number of halogens is 1. The summed E-state index contributed by atoms with van der Waals surface area (Å²) in [6.07, 6.45) is 3.82. The van der Waals surface area contributed by atoms with E-state index in [9.17, 15) is 12.8 Å². The molecule has 0 amide bonds. The smallest absolute Gasteiger partial charge is 0.262 e. The molecule has 0 unspecified atom stereocenters. The lowest BCUT2D eigenvalue weighted by Crippen LogP contribution is -2.13. The van der Waals surface area contributed by atoms with Gasteiger partial charge in [0.25, 0.3) is 10.0 Å². The van der Waals surface area contributed by atoms with Crippen molar-refractivity contribution < 1.29 is 17.9 Å². The van der Waals surface area contributed by atoms with Crippen LogP contribution in [0.4, 0.5) is 10.1 Å². The fourth-order valence-electron chi connectivity index (χ4n) is 1.46. The van der Waals surface area contributed by atoms with Crippen LogP contribution >= 0.6 is 0 Å². The molecule has 0 atom stereocenters. The van der Waals surface area contributed by atoms with Gasteiger partial charge in [0.2, 0.25) is 0 Å². The van der Waals surface area contributed by atoms with Gasteiger partial charge in [-0.15, -0.1) is 0 Å². The Morgan fingerprint density at radius 2 is 2.00 bits per heavy atom. The number of aliphatic hydroxyl groups is 1. The van der Waals surface area contributed by atoms with Gasteiger partial charge in [0, 0.05) is 0 Å². The van der Waals surface area contributed by atoms with Gasteiger partial charge in [0.05, 0.1) is 28.5 Å². The highest BCUT2D eigenvalue weighted by molar-refractivity contribution is 7.92. The van der Waals surface area contributed by atoms with Gasteiger partial charge < -0.3 is 5.11 Å². The van der Waals surface area contributed by atoms with Gasteiger partial charge in [-0.3, -0.25) is 4.72 Å². The maximum absolute atomic E-state index is 13.7. The molecule has 2 N–H and O–H groups in total. The number of rotatable bonds is 3. The van der Waals surface area contributed by atoms with E-state index in [1.165, 1.54) is 30.9 Å². The summed E-state index contributed by atoms with van der Waals surface area (Å²) in [7, 11) is -3.94. The van der Waals surface area contributed by atoms with E-state index in [-0.39, 0.29) is 16.1 Å². The van der Waals surface area contributed by atoms with Crippen molar-refractivity contribution in [3.05, 3.63) is 48.3 Å². The van der Waals surface area contributed by atoms with Crippen LogP contribution in [-0.4, -0.2) is 30.1 Å². The Labute approximate surface area is 120 Å². The predicted octanol–water partition coefficient (Wildman–Crippen LogP) is 0.760. The SMILES string of the molecule is O=S(=O)(Nc1cncnc1)c1ccc(C#CCO)c(F)c1. The first-order chi connectivity index (χ1) is 10.0. The molecule has 0 bridgehead atoms. The Morgan fingerprint density at radius 3 is 2.62 bits per heavy atom. The Kier molecular flexibility index (Phi) is 4.47. The number of benzene rings is 1. The summed E-state index contributed by atoms with van der Waals surface area (Å²) in [5.74, 6) is 3.88. The number of aliphatic hydroxyl groups excluding tert-OH is 1. The van der Waals surface area contributed by atoms with E-state index in [1.807, 2.05) is 0 Å². The van der Waals surface area contributed by atoms with E-state index in [2.05, 4.69) is 26.5 Å². The van der Waals surface area contributed by atoms with Gasteiger partial charge in [-0.05, 0) is 18.2 Å². The lowest BCUT2D eigenvalue weighted by molar-refractivity contribution is 0.350. The average Bonchev–Trinajstić information content (AvgIpc) is 2.46. The summed E-state index contributed by atoms with van der Waals surface area (Å²) in [6.45, 7) is -0.408. The third kappa shape index (κ3) is 3.75. The second kappa shape index (κ2) is 6.30. The number of aromatic nitrogens is 2. The van der Waals surface area contributed by atoms with E-state index in [0.29, 0.717) is 0 Å². The molecule has 0 saturated carbocycles. The molecule has 0 aliphatic rings. The number of anilines is 1. The molecule has 2 aromatic rings. The molecule has 0 aliphatic heterocycles. The van der Waals surface area contributed by atoms with Crippen LogP contribution in [0.3, 0.4) is 0 Å². The Bertz CT molecular complexity index is 798. The van der Waals surface area contributed by atoms with Crippen LogP contribution in [0, 0.1) is 17.7 Å². The van der Waals surface area contributed by atoms with Gasteiger partial charge in [0.15, 0.2) is 0 Å². The van der Waals surface area contributed by atoms with E-state index < -0.39 is 22.4 Å². The molecule has 0 fully saturated rings. The fraction of sp³-hybridized carbons (Fsp3) is 0.0769. The number of hydrogen-bond acceptors (Lipinski definition) is 5. The van der Waals surface area contributed by atoms with Gasteiger partial charge in [-0.25, -0.2) is 22.8 Å². The Morgan fingerprint density at radius 1 is 1.29 bits per heavy atom. The molecule has 108 valence electrons. The summed E-state index contributed by atoms with van der Waals surface area (Å²) in [4.78, 5) is 7.10. The summed E-state index contributed by atoms with van der Waals surface area (Å²) < 4.78 is 40.1. The highest BCUT2D eigenvalue weighted by Crippen LogP contribution is 2.17. The molecule has 21 heavy (non-hydrogen) atoms. The van der Waals surface area contributed by atoms with Gasteiger partial charge in [-0.1, -0.05) is 11.8 Å². The van der Waals surface area contributed by atoms with Crippen LogP contribution in [0.5, 0.6) is 0 Å². The van der Waals surface area contributed by atoms with Crippen LogP contribution in [0.2, 0.25) is 0 Å². The molecule has 1 aromatic heterocycles. The van der Waals surface area contributed by atoms with Crippen LogP contribution in [0.25, 0.3) is 0 Å². The predicted molar refractivity (Wildman–Crippen MR) is 73.2 cm³/mol. The summed E-state index contributed by atoms with van der Waals surface area (Å²) >= 11 is 0. The molecular weight excluding hydrogens is 297 g/mol. The van der Waals surface area contributed by atoms with Crippen molar-refractivity contribution >= 4 is 15.7 Å². The molecule has 1 aromatic carbocycles. The van der Waals surface area contributed by atoms with Crippen molar-refractivity contribution in [2.45, 2.75) is 4.90 Å². The van der Waals surface area contributed by atoms with Crippen LogP contribution in [0.15, 0.2) is 41.8 Å². The number of hydrogen-bond donors (Lipinski definition) is 2. The maximum Gasteiger partial charge on any atom is 0.262 e. The zero-order chi connectivity index (χ0) is 15.3. The normalized spacial score (nSPS) is 10.6. The lowest BCUT2D eigenvalue weighted by atomic mass is 10.2. The second-order valence-corrected chi connectivity index (χ2v) is 5.52. The monoisotopic (exact) mass is 307 g/mol. The molecule has 6 nitrogen and oxygen atoms in total. The Hall–Kier alpha value is -2.50. The Balaban J connectivity index is 2.31. The molecule has 0 saturated heterocycles. The topological polar surface area (TPSA) is 92.2 Å². The first-order valence-electron chi connectivity index (χ1n) is 5.70. The van der Waals surface area contributed by atoms with Gasteiger partial charge in [0.1, 0.15) is 18.8 Å². The van der Waals surface area contributed by atoms with E-state index in [4.69, 9.17) is 5.11 Å². The lowest BCUT2D eigenvalue weighted by Gasteiger charge is -2.07. The standard InChI is InChI=1S/C13H10FN3O3S/c14-13-6-12(4-3-10(13)2-1-5-18)21(19,20)17-11-7-15-9-16-8-11/h3-4,6-9,17-18H,5H2. The van der Waals surface area contributed by atoms with Crippen molar-refractivity contribution in [1.82, 2.24) is 9.97 Å². The minimum Gasteiger partial charge on any atom is -0.384 e. The maximum atomic E-state index is 13.7. The molecule has 0 spiro atoms. The molecule has 8 heteroatoms. The number of nitrogens with one attached hydrogen (secondary N) is 1. The van der Waals surface area contributed by atoms with Crippen LogP contribution < -0.4 is 4.72 Å². The highest BCUT2D eigenvalue weighted by Gasteiger charge is 2.16. The first-order valence-corrected chi connectivity index (χ1v) is 7.18. The quantitative estimate of drug-likeness (QED) is 0.817. The molecule has 0 aliphatic carbocycles. The zero-order valence-electron chi connectivity index (χ0n) is 10.6. The largest absolute Gasteiger partial charge is 0.384 e. The zero-order valence-corrected chi connectivity index (χ0v) is 11.4. The highest BCUT2D eigenvalue weighted by atomic mass is 32.2.